The number of hydrogen-bond acceptors (Lipinski definition) is 7. The summed E-state index contributed by atoms with van der Waals surface area (Å²) in [5.74, 6) is 0.862. The molecule has 2 saturated heterocycles. The van der Waals surface area contributed by atoms with Crippen LogP contribution in [0.1, 0.15) is 67.1 Å². The van der Waals surface area contributed by atoms with Crippen molar-refractivity contribution in [3.63, 3.8) is 0 Å². The Hall–Kier alpha value is -3.69. The molecule has 5 fully saturated rings. The molecular weight excluding hydrogens is 623 g/mol. The van der Waals surface area contributed by atoms with E-state index in [0.717, 1.165) is 99.4 Å². The van der Waals surface area contributed by atoms with Crippen molar-refractivity contribution in [3.05, 3.63) is 52.3 Å². The molecule has 2 aliphatic heterocycles. The second-order valence-electron chi connectivity index (χ2n) is 14.8. The number of likely N-dealkylation sites (tertiary alicyclic amines) is 1. The lowest BCUT2D eigenvalue weighted by Gasteiger charge is -2.70. The van der Waals surface area contributed by atoms with Gasteiger partial charge in [0.1, 0.15) is 28.7 Å². The number of carbonyl (C=O) groups excluding carboxylic acids is 1. The van der Waals surface area contributed by atoms with Gasteiger partial charge in [-0.3, -0.25) is 9.69 Å². The lowest BCUT2D eigenvalue weighted by atomic mass is 9.39. The van der Waals surface area contributed by atoms with E-state index in [4.69, 9.17) is 0 Å². The fourth-order valence-electron chi connectivity index (χ4n) is 9.26. The van der Waals surface area contributed by atoms with Gasteiger partial charge in [0.2, 0.25) is 5.91 Å². The molecule has 3 aromatic heterocycles. The molecule has 47 heavy (non-hydrogen) atoms. The number of nitrogens with zero attached hydrogens (tertiary/aromatic N) is 6. The number of fused-ring (bicyclic) bond motifs is 2. The van der Waals surface area contributed by atoms with E-state index < -0.39 is 12.6 Å². The molecule has 1 unspecified atom stereocenters. The van der Waals surface area contributed by atoms with Crippen molar-refractivity contribution >= 4 is 44.2 Å². The van der Waals surface area contributed by atoms with E-state index in [2.05, 4.69) is 54.8 Å². The average molecular weight is 662 g/mol. The van der Waals surface area contributed by atoms with Crippen LogP contribution in [0.5, 0.6) is 0 Å². The maximum atomic E-state index is 13.1. The molecular formula is C35H38F3N7OS. The minimum absolute atomic E-state index is 0.0273. The molecule has 1 atom stereocenters. The first-order chi connectivity index (χ1) is 22.4. The third kappa shape index (κ3) is 5.26. The number of aromatic nitrogens is 3. The Balaban J connectivity index is 0.950. The summed E-state index contributed by atoms with van der Waals surface area (Å²) in [6.07, 6.45) is 1.82. The zero-order chi connectivity index (χ0) is 32.8. The molecule has 5 aliphatic rings. The molecule has 9 rings (SSSR count). The third-order valence-corrected chi connectivity index (χ3v) is 12.4. The van der Waals surface area contributed by atoms with Crippen LogP contribution in [0.25, 0.3) is 21.1 Å². The molecule has 12 heteroatoms. The number of alkyl halides is 3. The van der Waals surface area contributed by atoms with Crippen LogP contribution in [0.3, 0.4) is 0 Å². The van der Waals surface area contributed by atoms with Crippen molar-refractivity contribution < 1.29 is 18.0 Å². The van der Waals surface area contributed by atoms with E-state index in [1.54, 1.807) is 6.07 Å². The molecule has 1 amide bonds. The summed E-state index contributed by atoms with van der Waals surface area (Å²) in [4.78, 5) is 26.4. The smallest absolute Gasteiger partial charge is 0.355 e. The summed E-state index contributed by atoms with van der Waals surface area (Å²) in [7, 11) is 0. The van der Waals surface area contributed by atoms with Gasteiger partial charge in [-0.05, 0) is 80.3 Å². The number of benzene rings is 1. The van der Waals surface area contributed by atoms with Gasteiger partial charge in [0.05, 0.1) is 11.8 Å². The number of halogens is 3. The van der Waals surface area contributed by atoms with Crippen molar-refractivity contribution in [2.24, 2.45) is 10.8 Å². The Morgan fingerprint density at radius 3 is 2.64 bits per heavy atom. The highest BCUT2D eigenvalue weighted by Gasteiger charge is 2.68. The minimum Gasteiger partial charge on any atom is -0.355 e. The highest BCUT2D eigenvalue weighted by atomic mass is 32.1. The molecule has 2 bridgehead atoms. The van der Waals surface area contributed by atoms with Crippen molar-refractivity contribution in [1.82, 2.24) is 24.8 Å². The number of anilines is 1. The molecule has 5 heterocycles. The van der Waals surface area contributed by atoms with Crippen molar-refractivity contribution in [1.29, 1.82) is 5.26 Å². The summed E-state index contributed by atoms with van der Waals surface area (Å²) < 4.78 is 41.4. The maximum absolute atomic E-state index is 13.1. The van der Waals surface area contributed by atoms with Gasteiger partial charge in [0.25, 0.3) is 0 Å². The topological polar surface area (TPSA) is 90.1 Å². The monoisotopic (exact) mass is 661 g/mol. The largest absolute Gasteiger partial charge is 0.393 e. The first-order valence-electron chi connectivity index (χ1n) is 16.5. The summed E-state index contributed by atoms with van der Waals surface area (Å²) in [6.45, 7) is 9.30. The van der Waals surface area contributed by atoms with Crippen molar-refractivity contribution in [3.8, 4) is 6.07 Å². The molecule has 0 radical (unpaired) electrons. The number of nitriles is 1. The lowest BCUT2D eigenvalue weighted by Crippen LogP contribution is -2.75. The standard InChI is InChI=1S/C35H38F3N7OS/c1-3-29(46)42-34-15-33(16-34,17-34)20-45-24(13-39)10-26-22(2)23(4-5-28(26)45)14-43-8-6-32(18-43)7-9-44(19-32)30-27-11-25(12-35(36,37)38)47-31(27)41-21-40-30/h4-5,10-11,21H,3,6-9,12,14-20H2,1-2H3,(H,42,46). The Bertz CT molecular complexity index is 1940. The quantitative estimate of drug-likeness (QED) is 0.233. The Kier molecular flexibility index (Phi) is 6.95. The van der Waals surface area contributed by atoms with E-state index in [0.29, 0.717) is 22.3 Å². The highest BCUT2D eigenvalue weighted by Crippen LogP contribution is 2.68. The van der Waals surface area contributed by atoms with Gasteiger partial charge in [-0.2, -0.15) is 18.4 Å². The Morgan fingerprint density at radius 2 is 1.89 bits per heavy atom. The normalized spacial score (nSPS) is 27.0. The molecule has 1 aromatic carbocycles. The highest BCUT2D eigenvalue weighted by molar-refractivity contribution is 7.18. The predicted octanol–water partition coefficient (Wildman–Crippen LogP) is 6.48. The van der Waals surface area contributed by atoms with Gasteiger partial charge in [-0.25, -0.2) is 9.97 Å². The van der Waals surface area contributed by atoms with Gasteiger partial charge in [0.15, 0.2) is 0 Å². The van der Waals surface area contributed by atoms with Crippen LogP contribution in [-0.2, 0) is 24.3 Å². The van der Waals surface area contributed by atoms with Crippen molar-refractivity contribution in [2.75, 3.05) is 31.1 Å². The first kappa shape index (κ1) is 30.6. The maximum Gasteiger partial charge on any atom is 0.393 e. The molecule has 3 aliphatic carbocycles. The van der Waals surface area contributed by atoms with Crippen molar-refractivity contribution in [2.45, 2.75) is 83.6 Å². The zero-order valence-corrected chi connectivity index (χ0v) is 27.5. The molecule has 3 saturated carbocycles. The number of amides is 1. The van der Waals surface area contributed by atoms with Gasteiger partial charge in [0, 0.05) is 65.9 Å². The number of thiophene rings is 1. The van der Waals surface area contributed by atoms with Crippen LogP contribution in [0, 0.1) is 29.1 Å². The van der Waals surface area contributed by atoms with Crippen LogP contribution in [-0.4, -0.2) is 63.2 Å². The number of carbonyl (C=O) groups is 1. The number of nitrogens with one attached hydrogen (secondary N) is 1. The molecule has 246 valence electrons. The van der Waals surface area contributed by atoms with Crippen LogP contribution in [0.2, 0.25) is 0 Å². The fraction of sp³-hybridized carbons (Fsp3) is 0.543. The second-order valence-corrected chi connectivity index (χ2v) is 15.9. The summed E-state index contributed by atoms with van der Waals surface area (Å²) in [5.41, 5.74) is 4.53. The minimum atomic E-state index is -4.25. The van der Waals surface area contributed by atoms with E-state index >= 15 is 0 Å². The lowest BCUT2D eigenvalue weighted by molar-refractivity contribution is -0.171. The van der Waals surface area contributed by atoms with E-state index in [1.165, 1.54) is 17.5 Å². The molecule has 8 nitrogen and oxygen atoms in total. The van der Waals surface area contributed by atoms with E-state index in [9.17, 15) is 23.2 Å². The zero-order valence-electron chi connectivity index (χ0n) is 26.7. The summed E-state index contributed by atoms with van der Waals surface area (Å²) in [5, 5.41) is 15.1. The second kappa shape index (κ2) is 10.7. The number of aryl methyl sites for hydroxylation is 1. The Labute approximate surface area is 275 Å². The SMILES string of the molecule is CCC(=O)NC12CC(Cn3c(C#N)cc4c(C)c(CN5CCC6(CCN(c7ncnc8sc(CC(F)(F)F)cc78)C6)C5)ccc43)(C1)C2. The number of hydrogen-bond donors (Lipinski definition) is 1. The number of rotatable bonds is 8. The summed E-state index contributed by atoms with van der Waals surface area (Å²) >= 11 is 1.10. The third-order valence-electron chi connectivity index (χ3n) is 11.3. The van der Waals surface area contributed by atoms with E-state index in [1.807, 2.05) is 13.0 Å². The van der Waals surface area contributed by atoms with Crippen LogP contribution < -0.4 is 10.2 Å². The molecule has 1 spiro atoms. The Morgan fingerprint density at radius 1 is 1.11 bits per heavy atom. The fourth-order valence-corrected chi connectivity index (χ4v) is 10.3. The first-order valence-corrected chi connectivity index (χ1v) is 17.3. The van der Waals surface area contributed by atoms with Crippen LogP contribution >= 0.6 is 11.3 Å². The van der Waals surface area contributed by atoms with Crippen LogP contribution in [0.4, 0.5) is 19.0 Å². The summed E-state index contributed by atoms with van der Waals surface area (Å²) in [6, 6.07) is 10.5. The average Bonchev–Trinajstić information content (AvgIpc) is 3.77. The predicted molar refractivity (Wildman–Crippen MR) is 175 cm³/mol. The molecule has 4 aromatic rings. The van der Waals surface area contributed by atoms with E-state index in [-0.39, 0.29) is 27.2 Å². The van der Waals surface area contributed by atoms with Crippen LogP contribution in [0.15, 0.2) is 30.6 Å². The van der Waals surface area contributed by atoms with Gasteiger partial charge < -0.3 is 14.8 Å². The molecule has 1 N–H and O–H groups in total. The van der Waals surface area contributed by atoms with Gasteiger partial charge in [-0.15, -0.1) is 11.3 Å². The van der Waals surface area contributed by atoms with Gasteiger partial charge >= 0.3 is 6.18 Å². The van der Waals surface area contributed by atoms with Gasteiger partial charge in [-0.1, -0.05) is 13.0 Å².